The molecule has 0 aliphatic rings. The van der Waals surface area contributed by atoms with Crippen molar-refractivity contribution in [2.75, 3.05) is 6.61 Å². The Bertz CT molecular complexity index is 491. The fourth-order valence-corrected chi connectivity index (χ4v) is 1.87. The first-order valence-corrected chi connectivity index (χ1v) is 6.08. The van der Waals surface area contributed by atoms with Crippen LogP contribution < -0.4 is 0 Å². The van der Waals surface area contributed by atoms with E-state index in [-0.39, 0.29) is 5.78 Å². The molecule has 0 aliphatic heterocycles. The molecular weight excluding hydrogens is 224 g/mol. The van der Waals surface area contributed by atoms with E-state index in [1.54, 1.807) is 0 Å². The van der Waals surface area contributed by atoms with Crippen molar-refractivity contribution in [1.29, 1.82) is 0 Å². The molecule has 0 unspecified atom stereocenters. The second-order valence-electron chi connectivity index (χ2n) is 3.98. The number of carbonyl (C=O) groups is 1. The van der Waals surface area contributed by atoms with Crippen molar-refractivity contribution in [2.24, 2.45) is 0 Å². The Morgan fingerprint density at radius 1 is 1.00 bits per heavy atom. The van der Waals surface area contributed by atoms with Gasteiger partial charge in [0.25, 0.3) is 0 Å². The predicted octanol–water partition coefficient (Wildman–Crippen LogP) is 3.65. The molecule has 2 nitrogen and oxygen atoms in total. The standard InChI is InChI=1S/C16H16O2/c1-2-18-16(14-11-7-4-8-12-14)15(17)13-9-5-3-6-10-13/h3-12,16H,2H2,1H3/t16-/m0/s1. The highest BCUT2D eigenvalue weighted by Gasteiger charge is 2.21. The Morgan fingerprint density at radius 2 is 1.56 bits per heavy atom. The number of hydrogen-bond acceptors (Lipinski definition) is 2. The molecule has 0 bridgehead atoms. The monoisotopic (exact) mass is 240 g/mol. The van der Waals surface area contributed by atoms with E-state index in [4.69, 9.17) is 4.74 Å². The van der Waals surface area contributed by atoms with Crippen LogP contribution in [-0.4, -0.2) is 12.4 Å². The molecule has 0 heterocycles. The summed E-state index contributed by atoms with van der Waals surface area (Å²) in [6.45, 7) is 2.41. The van der Waals surface area contributed by atoms with E-state index in [1.807, 2.05) is 67.6 Å². The van der Waals surface area contributed by atoms with Gasteiger partial charge in [0.15, 0.2) is 5.78 Å². The Kier molecular flexibility index (Phi) is 4.26. The van der Waals surface area contributed by atoms with Crippen LogP contribution in [0.5, 0.6) is 0 Å². The van der Waals surface area contributed by atoms with Gasteiger partial charge in [-0.1, -0.05) is 60.7 Å². The molecule has 18 heavy (non-hydrogen) atoms. The number of benzene rings is 2. The number of rotatable bonds is 5. The fourth-order valence-electron chi connectivity index (χ4n) is 1.87. The Labute approximate surface area is 107 Å². The van der Waals surface area contributed by atoms with E-state index < -0.39 is 6.10 Å². The summed E-state index contributed by atoms with van der Waals surface area (Å²) in [5.41, 5.74) is 1.58. The molecule has 0 radical (unpaired) electrons. The smallest absolute Gasteiger partial charge is 0.196 e. The first kappa shape index (κ1) is 12.5. The Balaban J connectivity index is 2.29. The van der Waals surface area contributed by atoms with Crippen LogP contribution in [-0.2, 0) is 4.74 Å². The number of hydrogen-bond donors (Lipinski definition) is 0. The maximum absolute atomic E-state index is 12.4. The van der Waals surface area contributed by atoms with Gasteiger partial charge in [0.2, 0.25) is 0 Å². The van der Waals surface area contributed by atoms with Gasteiger partial charge in [-0.2, -0.15) is 0 Å². The van der Waals surface area contributed by atoms with Crippen LogP contribution in [0.4, 0.5) is 0 Å². The molecule has 0 fully saturated rings. The zero-order valence-electron chi connectivity index (χ0n) is 10.4. The highest BCUT2D eigenvalue weighted by atomic mass is 16.5. The summed E-state index contributed by atoms with van der Waals surface area (Å²) >= 11 is 0. The van der Waals surface area contributed by atoms with Gasteiger partial charge in [-0.3, -0.25) is 4.79 Å². The van der Waals surface area contributed by atoms with Crippen molar-refractivity contribution in [1.82, 2.24) is 0 Å². The Hall–Kier alpha value is -1.93. The average molecular weight is 240 g/mol. The first-order chi connectivity index (χ1) is 8.83. The second kappa shape index (κ2) is 6.12. The van der Waals surface area contributed by atoms with E-state index in [2.05, 4.69) is 0 Å². The van der Waals surface area contributed by atoms with Crippen molar-refractivity contribution in [3.05, 3.63) is 71.8 Å². The third kappa shape index (κ3) is 2.84. The third-order valence-electron chi connectivity index (χ3n) is 2.73. The molecule has 0 N–H and O–H groups in total. The van der Waals surface area contributed by atoms with Crippen LogP contribution in [0.15, 0.2) is 60.7 Å². The van der Waals surface area contributed by atoms with Crippen LogP contribution in [0, 0.1) is 0 Å². The summed E-state index contributed by atoms with van der Waals surface area (Å²) in [7, 11) is 0. The van der Waals surface area contributed by atoms with Gasteiger partial charge in [0.05, 0.1) is 0 Å². The van der Waals surface area contributed by atoms with Gasteiger partial charge in [-0.05, 0) is 12.5 Å². The normalized spacial score (nSPS) is 12.1. The van der Waals surface area contributed by atoms with Crippen molar-refractivity contribution >= 4 is 5.78 Å². The SMILES string of the molecule is CCO[C@H](C(=O)c1ccccc1)c1ccccc1. The minimum absolute atomic E-state index is 0.00338. The van der Waals surface area contributed by atoms with Crippen molar-refractivity contribution in [2.45, 2.75) is 13.0 Å². The summed E-state index contributed by atoms with van der Waals surface area (Å²) in [6.07, 6.45) is -0.515. The van der Waals surface area contributed by atoms with E-state index in [0.29, 0.717) is 12.2 Å². The van der Waals surface area contributed by atoms with Gasteiger partial charge in [0, 0.05) is 12.2 Å². The summed E-state index contributed by atoms with van der Waals surface area (Å²) in [5, 5.41) is 0. The molecule has 92 valence electrons. The number of carbonyl (C=O) groups excluding carboxylic acids is 1. The molecule has 0 saturated heterocycles. The lowest BCUT2D eigenvalue weighted by atomic mass is 10.00. The quantitative estimate of drug-likeness (QED) is 0.746. The van der Waals surface area contributed by atoms with Gasteiger partial charge in [-0.15, -0.1) is 0 Å². The van der Waals surface area contributed by atoms with Crippen LogP contribution in [0.3, 0.4) is 0 Å². The zero-order valence-corrected chi connectivity index (χ0v) is 10.4. The molecule has 2 rings (SSSR count). The van der Waals surface area contributed by atoms with Crippen LogP contribution >= 0.6 is 0 Å². The molecule has 2 heteroatoms. The predicted molar refractivity (Wildman–Crippen MR) is 71.6 cm³/mol. The van der Waals surface area contributed by atoms with E-state index >= 15 is 0 Å². The topological polar surface area (TPSA) is 26.3 Å². The molecule has 0 amide bonds. The van der Waals surface area contributed by atoms with Crippen LogP contribution in [0.2, 0.25) is 0 Å². The first-order valence-electron chi connectivity index (χ1n) is 6.08. The third-order valence-corrected chi connectivity index (χ3v) is 2.73. The summed E-state index contributed by atoms with van der Waals surface area (Å²) in [6, 6.07) is 18.9. The number of ether oxygens (including phenoxy) is 1. The zero-order chi connectivity index (χ0) is 12.8. The van der Waals surface area contributed by atoms with Crippen LogP contribution in [0.1, 0.15) is 28.9 Å². The largest absolute Gasteiger partial charge is 0.366 e. The maximum Gasteiger partial charge on any atom is 0.196 e. The van der Waals surface area contributed by atoms with Crippen molar-refractivity contribution in [3.63, 3.8) is 0 Å². The maximum atomic E-state index is 12.4. The lowest BCUT2D eigenvalue weighted by Crippen LogP contribution is -2.16. The molecule has 2 aromatic carbocycles. The Morgan fingerprint density at radius 3 is 2.11 bits per heavy atom. The number of Topliss-reactive ketones (excluding diaryl/α,β-unsaturated/α-hetero) is 1. The fraction of sp³-hybridized carbons (Fsp3) is 0.188. The van der Waals surface area contributed by atoms with Gasteiger partial charge in [-0.25, -0.2) is 0 Å². The molecule has 0 aromatic heterocycles. The van der Waals surface area contributed by atoms with Crippen molar-refractivity contribution < 1.29 is 9.53 Å². The second-order valence-corrected chi connectivity index (χ2v) is 3.98. The molecule has 2 aromatic rings. The van der Waals surface area contributed by atoms with E-state index in [9.17, 15) is 4.79 Å². The van der Waals surface area contributed by atoms with Gasteiger partial charge >= 0.3 is 0 Å². The van der Waals surface area contributed by atoms with Crippen molar-refractivity contribution in [3.8, 4) is 0 Å². The molecule has 0 aliphatic carbocycles. The molecule has 0 saturated carbocycles. The van der Waals surface area contributed by atoms with Crippen LogP contribution in [0.25, 0.3) is 0 Å². The lowest BCUT2D eigenvalue weighted by Gasteiger charge is -2.16. The van der Waals surface area contributed by atoms with Gasteiger partial charge < -0.3 is 4.74 Å². The summed E-state index contributed by atoms with van der Waals surface area (Å²) in [5.74, 6) is 0.00338. The molecule has 0 spiro atoms. The highest BCUT2D eigenvalue weighted by Crippen LogP contribution is 2.22. The average Bonchev–Trinajstić information content (AvgIpc) is 2.46. The van der Waals surface area contributed by atoms with E-state index in [0.717, 1.165) is 5.56 Å². The minimum Gasteiger partial charge on any atom is -0.366 e. The summed E-state index contributed by atoms with van der Waals surface area (Å²) < 4.78 is 5.59. The van der Waals surface area contributed by atoms with E-state index in [1.165, 1.54) is 0 Å². The highest BCUT2D eigenvalue weighted by molar-refractivity contribution is 6.00. The minimum atomic E-state index is -0.515. The lowest BCUT2D eigenvalue weighted by molar-refractivity contribution is 0.0452. The van der Waals surface area contributed by atoms with Gasteiger partial charge in [0.1, 0.15) is 6.10 Å². The molecular formula is C16H16O2. The number of ketones is 1. The molecule has 1 atom stereocenters. The summed E-state index contributed by atoms with van der Waals surface area (Å²) in [4.78, 5) is 12.4.